The fraction of sp³-hybridized carbons (Fsp3) is 0.250. The standard InChI is InChI=1S/C24H20F4N4O4S/c1-14-10-17-20(6-3-7-21(17)36-37(33,34)24(26,27)28)32(14)23-30-19-8-9-35-13-18(19)22(31-23)29-12-15-4-2-5-16(25)11-15/h2-7,10-11H,8-9,12-13H2,1H3,(H,29,30,31). The van der Waals surface area contributed by atoms with Crippen molar-refractivity contribution in [3.63, 3.8) is 0 Å². The lowest BCUT2D eigenvalue weighted by Gasteiger charge is -2.21. The summed E-state index contributed by atoms with van der Waals surface area (Å²) in [5, 5.41) is 3.35. The van der Waals surface area contributed by atoms with Crippen LogP contribution in [0, 0.1) is 12.7 Å². The van der Waals surface area contributed by atoms with Crippen molar-refractivity contribution in [2.24, 2.45) is 0 Å². The minimum Gasteiger partial charge on any atom is -0.376 e. The molecule has 0 bridgehead atoms. The molecule has 5 rings (SSSR count). The summed E-state index contributed by atoms with van der Waals surface area (Å²) in [4.78, 5) is 9.32. The van der Waals surface area contributed by atoms with E-state index in [1.807, 2.05) is 0 Å². The predicted molar refractivity (Wildman–Crippen MR) is 126 cm³/mol. The maximum Gasteiger partial charge on any atom is 0.534 e. The Bertz CT molecular complexity index is 1600. The van der Waals surface area contributed by atoms with Crippen LogP contribution in [0.5, 0.6) is 5.75 Å². The Balaban J connectivity index is 1.58. The van der Waals surface area contributed by atoms with Gasteiger partial charge in [-0.3, -0.25) is 4.57 Å². The minimum absolute atomic E-state index is 0.145. The molecule has 0 amide bonds. The van der Waals surface area contributed by atoms with Crippen LogP contribution in [0.25, 0.3) is 16.9 Å². The number of alkyl halides is 3. The van der Waals surface area contributed by atoms with Gasteiger partial charge < -0.3 is 14.2 Å². The highest BCUT2D eigenvalue weighted by atomic mass is 32.2. The molecule has 1 aliphatic rings. The molecular weight excluding hydrogens is 516 g/mol. The third-order valence-corrected chi connectivity index (χ3v) is 6.80. The van der Waals surface area contributed by atoms with Crippen molar-refractivity contribution in [2.45, 2.75) is 32.0 Å². The van der Waals surface area contributed by atoms with Crippen LogP contribution in [0.3, 0.4) is 0 Å². The van der Waals surface area contributed by atoms with Crippen molar-refractivity contribution in [1.82, 2.24) is 14.5 Å². The highest BCUT2D eigenvalue weighted by molar-refractivity contribution is 7.88. The SMILES string of the molecule is Cc1cc2c(OS(=O)(=O)C(F)(F)F)cccc2n1-c1nc2c(c(NCc3cccc(F)c3)n1)COCC2. The third-order valence-electron chi connectivity index (χ3n) is 5.83. The maximum absolute atomic E-state index is 13.6. The molecule has 4 aromatic rings. The van der Waals surface area contributed by atoms with Crippen molar-refractivity contribution in [3.8, 4) is 11.7 Å². The highest BCUT2D eigenvalue weighted by Gasteiger charge is 2.48. The Hall–Kier alpha value is -3.71. The van der Waals surface area contributed by atoms with Crippen LogP contribution in [0.1, 0.15) is 22.5 Å². The number of hydrogen-bond acceptors (Lipinski definition) is 7. The van der Waals surface area contributed by atoms with Gasteiger partial charge in [-0.1, -0.05) is 18.2 Å². The second-order valence-corrected chi connectivity index (χ2v) is 9.91. The summed E-state index contributed by atoms with van der Waals surface area (Å²) in [6.07, 6.45) is 0.510. The summed E-state index contributed by atoms with van der Waals surface area (Å²) in [6, 6.07) is 11.7. The zero-order valence-electron chi connectivity index (χ0n) is 19.3. The second-order valence-electron chi connectivity index (χ2n) is 8.38. The average Bonchev–Trinajstić information content (AvgIpc) is 3.18. The summed E-state index contributed by atoms with van der Waals surface area (Å²) in [5.74, 6) is -0.136. The lowest BCUT2D eigenvalue weighted by Crippen LogP contribution is -2.28. The van der Waals surface area contributed by atoms with Gasteiger partial charge in [-0.25, -0.2) is 9.37 Å². The lowest BCUT2D eigenvalue weighted by molar-refractivity contribution is -0.0499. The number of anilines is 1. The molecule has 0 saturated carbocycles. The molecule has 194 valence electrons. The highest BCUT2D eigenvalue weighted by Crippen LogP contribution is 2.35. The molecule has 0 fully saturated rings. The normalized spacial score (nSPS) is 14.0. The summed E-state index contributed by atoms with van der Waals surface area (Å²) >= 11 is 0. The number of benzene rings is 2. The zero-order valence-corrected chi connectivity index (χ0v) is 20.2. The topological polar surface area (TPSA) is 95.3 Å². The summed E-state index contributed by atoms with van der Waals surface area (Å²) in [5.41, 5.74) is -2.50. The molecule has 0 radical (unpaired) electrons. The zero-order chi connectivity index (χ0) is 26.4. The molecule has 0 atom stereocenters. The van der Waals surface area contributed by atoms with Gasteiger partial charge in [-0.2, -0.15) is 26.6 Å². The molecule has 13 heteroatoms. The van der Waals surface area contributed by atoms with Crippen molar-refractivity contribution >= 4 is 26.8 Å². The monoisotopic (exact) mass is 536 g/mol. The van der Waals surface area contributed by atoms with Gasteiger partial charge in [0.05, 0.1) is 24.4 Å². The number of aromatic nitrogens is 3. The van der Waals surface area contributed by atoms with E-state index in [0.29, 0.717) is 35.6 Å². The van der Waals surface area contributed by atoms with Crippen molar-refractivity contribution < 1.29 is 34.9 Å². The smallest absolute Gasteiger partial charge is 0.376 e. The number of aryl methyl sites for hydroxylation is 1. The molecule has 8 nitrogen and oxygen atoms in total. The minimum atomic E-state index is -5.86. The number of fused-ring (bicyclic) bond motifs is 2. The molecule has 0 aliphatic carbocycles. The largest absolute Gasteiger partial charge is 0.534 e. The van der Waals surface area contributed by atoms with E-state index in [0.717, 1.165) is 17.3 Å². The first-order valence-corrected chi connectivity index (χ1v) is 12.5. The number of rotatable bonds is 6. The summed E-state index contributed by atoms with van der Waals surface area (Å²) in [6.45, 7) is 2.69. The van der Waals surface area contributed by atoms with Crippen molar-refractivity contribution in [2.75, 3.05) is 11.9 Å². The van der Waals surface area contributed by atoms with Crippen LogP contribution in [-0.4, -0.2) is 35.1 Å². The van der Waals surface area contributed by atoms with Gasteiger partial charge in [-0.15, -0.1) is 0 Å². The van der Waals surface area contributed by atoms with Crippen LogP contribution in [0.2, 0.25) is 0 Å². The number of nitrogens with one attached hydrogen (secondary N) is 1. The first kappa shape index (κ1) is 25.0. The molecule has 1 aliphatic heterocycles. The number of hydrogen-bond donors (Lipinski definition) is 1. The van der Waals surface area contributed by atoms with E-state index in [2.05, 4.69) is 19.5 Å². The molecule has 0 saturated heterocycles. The van der Waals surface area contributed by atoms with Gasteiger partial charge in [0.25, 0.3) is 0 Å². The van der Waals surface area contributed by atoms with Crippen LogP contribution in [0.15, 0.2) is 48.5 Å². The van der Waals surface area contributed by atoms with Gasteiger partial charge in [0, 0.05) is 29.6 Å². The molecule has 3 heterocycles. The molecule has 37 heavy (non-hydrogen) atoms. The Kier molecular flexibility index (Phi) is 6.28. The number of nitrogens with zero attached hydrogens (tertiary/aromatic N) is 3. The van der Waals surface area contributed by atoms with E-state index in [9.17, 15) is 26.0 Å². The second kappa shape index (κ2) is 9.30. The van der Waals surface area contributed by atoms with E-state index < -0.39 is 21.4 Å². The Morgan fingerprint density at radius 3 is 2.68 bits per heavy atom. The molecule has 2 aromatic carbocycles. The Morgan fingerprint density at radius 1 is 1.14 bits per heavy atom. The van der Waals surface area contributed by atoms with Crippen molar-refractivity contribution in [1.29, 1.82) is 0 Å². The summed E-state index contributed by atoms with van der Waals surface area (Å²) in [7, 11) is -5.86. The van der Waals surface area contributed by atoms with Gasteiger partial charge in [0.15, 0.2) is 5.75 Å². The fourth-order valence-electron chi connectivity index (χ4n) is 4.14. The Labute approximate surface area is 209 Å². The average molecular weight is 537 g/mol. The quantitative estimate of drug-likeness (QED) is 0.215. The van der Waals surface area contributed by atoms with Gasteiger partial charge in [-0.05, 0) is 42.8 Å². The van der Waals surface area contributed by atoms with E-state index in [1.54, 1.807) is 29.7 Å². The summed E-state index contributed by atoms with van der Waals surface area (Å²) < 4.78 is 87.2. The van der Waals surface area contributed by atoms with Crippen molar-refractivity contribution in [3.05, 3.63) is 76.9 Å². The number of halogens is 4. The fourth-order valence-corrected chi connectivity index (χ4v) is 4.61. The predicted octanol–water partition coefficient (Wildman–Crippen LogP) is 4.78. The van der Waals surface area contributed by atoms with E-state index >= 15 is 0 Å². The molecule has 1 N–H and O–H groups in total. The molecular formula is C24H20F4N4O4S. The third kappa shape index (κ3) is 4.83. The van der Waals surface area contributed by atoms with Gasteiger partial charge >= 0.3 is 15.6 Å². The Morgan fingerprint density at radius 2 is 1.92 bits per heavy atom. The number of ether oxygens (including phenoxy) is 1. The maximum atomic E-state index is 13.6. The van der Waals surface area contributed by atoms with Gasteiger partial charge in [0.1, 0.15) is 11.6 Å². The van der Waals surface area contributed by atoms with E-state index in [-0.39, 0.29) is 30.3 Å². The van der Waals surface area contributed by atoms with E-state index in [4.69, 9.17) is 4.74 Å². The van der Waals surface area contributed by atoms with Crippen LogP contribution >= 0.6 is 0 Å². The molecule has 0 unspecified atom stereocenters. The van der Waals surface area contributed by atoms with Crippen LogP contribution < -0.4 is 9.50 Å². The van der Waals surface area contributed by atoms with Crippen LogP contribution in [0.4, 0.5) is 23.4 Å². The van der Waals surface area contributed by atoms with E-state index in [1.165, 1.54) is 24.3 Å². The molecule has 0 spiro atoms. The first-order chi connectivity index (χ1) is 17.5. The first-order valence-electron chi connectivity index (χ1n) is 11.1. The van der Waals surface area contributed by atoms with Gasteiger partial charge in [0.2, 0.25) is 5.95 Å². The lowest BCUT2D eigenvalue weighted by atomic mass is 10.1. The molecule has 2 aromatic heterocycles. The van der Waals surface area contributed by atoms with Crippen LogP contribution in [-0.2, 0) is 34.4 Å².